The minimum atomic E-state index is -1.24. The van der Waals surface area contributed by atoms with Crippen molar-refractivity contribution in [3.8, 4) is 16.9 Å². The number of halogens is 3. The summed E-state index contributed by atoms with van der Waals surface area (Å²) in [5, 5.41) is -0.239. The molecule has 1 atom stereocenters. The van der Waals surface area contributed by atoms with Crippen molar-refractivity contribution in [1.29, 1.82) is 0 Å². The molecule has 256 valence electrons. The van der Waals surface area contributed by atoms with Crippen LogP contribution in [0, 0.1) is 11.6 Å². The molecule has 0 aliphatic heterocycles. The lowest BCUT2D eigenvalue weighted by atomic mass is 9.89. The lowest BCUT2D eigenvalue weighted by molar-refractivity contribution is 0.0144. The number of fused-ring (bicyclic) bond motifs is 1. The summed E-state index contributed by atoms with van der Waals surface area (Å²) in [6, 6.07) is 14.7. The third kappa shape index (κ3) is 7.59. The molecule has 7 nitrogen and oxygen atoms in total. The van der Waals surface area contributed by atoms with Crippen LogP contribution in [0.25, 0.3) is 21.2 Å². The first kappa shape index (κ1) is 35.9. The van der Waals surface area contributed by atoms with Crippen LogP contribution in [0.5, 0.6) is 5.75 Å². The Labute approximate surface area is 291 Å². The Bertz CT molecular complexity index is 1820. The smallest absolute Gasteiger partial charge is 0.410 e. The third-order valence-corrected chi connectivity index (χ3v) is 11.3. The van der Waals surface area contributed by atoms with Crippen molar-refractivity contribution in [3.63, 3.8) is 0 Å². The molecule has 0 N–H and O–H groups in total. The van der Waals surface area contributed by atoms with Crippen LogP contribution < -0.4 is 4.74 Å². The maximum Gasteiger partial charge on any atom is 0.410 e. The minimum absolute atomic E-state index is 0.0188. The van der Waals surface area contributed by atoms with E-state index in [1.807, 2.05) is 63.2 Å². The van der Waals surface area contributed by atoms with Crippen molar-refractivity contribution in [2.75, 3.05) is 20.4 Å². The fraction of sp³-hybridized carbons (Fsp3) is 0.389. The summed E-state index contributed by atoms with van der Waals surface area (Å²) < 4.78 is 53.5. The van der Waals surface area contributed by atoms with Crippen molar-refractivity contribution in [2.24, 2.45) is 0 Å². The van der Waals surface area contributed by atoms with Crippen LogP contribution in [0.2, 0.25) is 5.02 Å². The van der Waals surface area contributed by atoms with Crippen LogP contribution in [-0.4, -0.2) is 64.5 Å². The average molecular weight is 717 g/mol. The molecule has 0 spiro atoms. The highest BCUT2D eigenvalue weighted by atomic mass is 35.5. The molecule has 1 heterocycles. The molecular formula is C36H39ClF2N2O5S2. The van der Waals surface area contributed by atoms with Gasteiger partial charge in [-0.05, 0) is 99.6 Å². The van der Waals surface area contributed by atoms with E-state index in [4.69, 9.17) is 21.1 Å². The summed E-state index contributed by atoms with van der Waals surface area (Å²) in [5.74, 6) is -1.27. The normalized spacial score (nSPS) is 17.2. The summed E-state index contributed by atoms with van der Waals surface area (Å²) in [6.45, 7) is 5.57. The summed E-state index contributed by atoms with van der Waals surface area (Å²) >= 11 is 6.22. The van der Waals surface area contributed by atoms with Crippen LogP contribution in [0.15, 0.2) is 59.5 Å². The van der Waals surface area contributed by atoms with E-state index in [1.54, 1.807) is 30.2 Å². The maximum atomic E-state index is 14.8. The first-order valence-electron chi connectivity index (χ1n) is 15.6. The van der Waals surface area contributed by atoms with E-state index in [-0.39, 0.29) is 38.6 Å². The molecule has 4 aromatic rings. The summed E-state index contributed by atoms with van der Waals surface area (Å²) in [4.78, 5) is 31.3. The van der Waals surface area contributed by atoms with E-state index in [9.17, 15) is 22.9 Å². The topological polar surface area (TPSA) is 82.1 Å². The summed E-state index contributed by atoms with van der Waals surface area (Å²) in [7, 11) is 3.27. The summed E-state index contributed by atoms with van der Waals surface area (Å²) in [5.41, 5.74) is 1.66. The number of thiophene rings is 1. The molecule has 1 aromatic heterocycles. The molecular weight excluding hydrogens is 678 g/mol. The van der Waals surface area contributed by atoms with Crippen molar-refractivity contribution >= 4 is 56.2 Å². The molecule has 2 amide bonds. The van der Waals surface area contributed by atoms with Gasteiger partial charge in [0.05, 0.1) is 22.2 Å². The Hall–Kier alpha value is -3.38. The Balaban J connectivity index is 1.52. The fourth-order valence-corrected chi connectivity index (χ4v) is 8.45. The molecule has 1 aliphatic carbocycles. The summed E-state index contributed by atoms with van der Waals surface area (Å²) in [6.07, 6.45) is 3.57. The second-order valence-electron chi connectivity index (χ2n) is 12.9. The van der Waals surface area contributed by atoms with Gasteiger partial charge in [0.25, 0.3) is 5.91 Å². The number of carbonyl (C=O) groups excluding carboxylic acids is 2. The highest BCUT2D eigenvalue weighted by Crippen LogP contribution is 2.41. The number of ether oxygens (including phenoxy) is 2. The molecule has 0 radical (unpaired) electrons. The van der Waals surface area contributed by atoms with Gasteiger partial charge in [0.2, 0.25) is 0 Å². The van der Waals surface area contributed by atoms with Crippen molar-refractivity contribution in [2.45, 2.75) is 75.6 Å². The molecule has 0 saturated heterocycles. The second kappa shape index (κ2) is 14.6. The van der Waals surface area contributed by atoms with E-state index in [1.165, 1.54) is 0 Å². The monoisotopic (exact) mass is 716 g/mol. The van der Waals surface area contributed by atoms with Crippen LogP contribution >= 0.6 is 22.9 Å². The molecule has 1 unspecified atom stereocenters. The fourth-order valence-electron chi connectivity index (χ4n) is 6.18. The van der Waals surface area contributed by atoms with Crippen LogP contribution in [0.1, 0.15) is 61.7 Å². The zero-order valence-corrected chi connectivity index (χ0v) is 30.2. The van der Waals surface area contributed by atoms with E-state index >= 15 is 0 Å². The molecule has 5 rings (SSSR count). The minimum Gasteiger partial charge on any atom is -0.612 e. The molecule has 12 heteroatoms. The molecule has 3 aromatic carbocycles. The maximum absolute atomic E-state index is 14.8. The first-order chi connectivity index (χ1) is 22.7. The number of rotatable bonds is 8. The predicted octanol–water partition coefficient (Wildman–Crippen LogP) is 9.07. The quantitative estimate of drug-likeness (QED) is 0.170. The second-order valence-corrected chi connectivity index (χ2v) is 15.7. The molecule has 1 fully saturated rings. The van der Waals surface area contributed by atoms with E-state index in [0.717, 1.165) is 34.6 Å². The van der Waals surface area contributed by atoms with Gasteiger partial charge in [0.1, 0.15) is 34.1 Å². The zero-order valence-electron chi connectivity index (χ0n) is 27.8. The number of benzene rings is 3. The number of hydrogen-bond acceptors (Lipinski definition) is 6. The Morgan fingerprint density at radius 3 is 2.29 bits per heavy atom. The van der Waals surface area contributed by atoms with E-state index in [0.29, 0.717) is 41.9 Å². The Kier molecular flexibility index (Phi) is 10.9. The lowest BCUT2D eigenvalue weighted by Crippen LogP contribution is -2.47. The number of nitrogens with zero attached hydrogens (tertiary/aromatic N) is 2. The largest absolute Gasteiger partial charge is 0.612 e. The lowest BCUT2D eigenvalue weighted by Gasteiger charge is -2.40. The van der Waals surface area contributed by atoms with Gasteiger partial charge in [-0.1, -0.05) is 29.8 Å². The van der Waals surface area contributed by atoms with Crippen LogP contribution in [0.3, 0.4) is 0 Å². The Morgan fingerprint density at radius 2 is 1.67 bits per heavy atom. The molecule has 48 heavy (non-hydrogen) atoms. The van der Waals surface area contributed by atoms with E-state index < -0.39 is 40.4 Å². The van der Waals surface area contributed by atoms with Gasteiger partial charge in [-0.3, -0.25) is 4.79 Å². The average Bonchev–Trinajstić information content (AvgIpc) is 3.42. The van der Waals surface area contributed by atoms with Crippen LogP contribution in [-0.2, 0) is 22.5 Å². The van der Waals surface area contributed by atoms with E-state index in [2.05, 4.69) is 0 Å². The number of methoxy groups -OCH3 is 1. The molecule has 1 aliphatic rings. The predicted molar refractivity (Wildman–Crippen MR) is 187 cm³/mol. The van der Waals surface area contributed by atoms with Gasteiger partial charge in [-0.25, -0.2) is 13.6 Å². The van der Waals surface area contributed by atoms with Gasteiger partial charge < -0.3 is 23.8 Å². The van der Waals surface area contributed by atoms with Crippen molar-refractivity contribution in [1.82, 2.24) is 9.80 Å². The number of carbonyl (C=O) groups is 2. The number of hydrogen-bond donors (Lipinski definition) is 0. The highest BCUT2D eigenvalue weighted by molar-refractivity contribution is 7.90. The standard InChI is InChI=1S/C36H39ClF2N2O5S2/c1-36(2,3)46-35(43)40(4)23-12-14-24(15-13-23)41(34(42)33-31(37)30-26(38)16-17-27(39)32(30)47-33)20-22-19-21(11-18-28(22)45-5)25-9-7-8-10-29(25)48(6)44/h7-11,16-19,23-24H,12-15,20H2,1-6H3. The van der Waals surface area contributed by atoms with Crippen molar-refractivity contribution in [3.05, 3.63) is 81.7 Å². The number of amides is 2. The molecule has 0 bridgehead atoms. The van der Waals surface area contributed by atoms with Crippen molar-refractivity contribution < 1.29 is 32.4 Å². The van der Waals surface area contributed by atoms with Gasteiger partial charge in [-0.2, -0.15) is 0 Å². The third-order valence-electron chi connectivity index (χ3n) is 8.60. The zero-order chi connectivity index (χ0) is 34.9. The van der Waals surface area contributed by atoms with Gasteiger partial charge in [0, 0.05) is 36.8 Å². The molecule has 1 saturated carbocycles. The highest BCUT2D eigenvalue weighted by Gasteiger charge is 2.36. The van der Waals surface area contributed by atoms with Crippen LogP contribution in [0.4, 0.5) is 13.6 Å². The first-order valence-corrected chi connectivity index (χ1v) is 18.4. The van der Waals surface area contributed by atoms with Gasteiger partial charge >= 0.3 is 6.09 Å². The van der Waals surface area contributed by atoms with Gasteiger partial charge in [-0.15, -0.1) is 11.3 Å². The Morgan fingerprint density at radius 1 is 1.02 bits per heavy atom. The SMILES string of the molecule is COc1ccc(-c2ccccc2[S+](C)[O-])cc1CN(C(=O)c1sc2c(F)ccc(F)c2c1Cl)C1CCC(N(C)C(=O)OC(C)(C)C)CC1. The van der Waals surface area contributed by atoms with Gasteiger partial charge in [0.15, 0.2) is 4.90 Å².